The highest BCUT2D eigenvalue weighted by Crippen LogP contribution is 2.24. The van der Waals surface area contributed by atoms with Gasteiger partial charge in [0.25, 0.3) is 0 Å². The summed E-state index contributed by atoms with van der Waals surface area (Å²) in [6.45, 7) is 0. The van der Waals surface area contributed by atoms with Crippen molar-refractivity contribution in [1.29, 1.82) is 0 Å². The monoisotopic (exact) mass is 361 g/mol. The molecule has 0 aliphatic heterocycles. The first kappa shape index (κ1) is 15.1. The van der Waals surface area contributed by atoms with Crippen molar-refractivity contribution in [2.24, 2.45) is 5.73 Å². The third-order valence-corrected chi connectivity index (χ3v) is 5.67. The van der Waals surface area contributed by atoms with Crippen molar-refractivity contribution in [2.45, 2.75) is 36.6 Å². The van der Waals surface area contributed by atoms with Gasteiger partial charge >= 0.3 is 0 Å². The van der Waals surface area contributed by atoms with E-state index in [1.54, 1.807) is 5.56 Å². The molecule has 3 rings (SSSR count). The Kier molecular flexibility index (Phi) is 5.04. The number of nitrogens with two attached hydrogens (primary N) is 1. The summed E-state index contributed by atoms with van der Waals surface area (Å²) < 4.78 is 1.12. The van der Waals surface area contributed by atoms with Crippen LogP contribution in [0.25, 0.3) is 0 Å². The van der Waals surface area contributed by atoms with E-state index in [0.29, 0.717) is 0 Å². The molecule has 0 heterocycles. The molecular formula is C18H20BrNS. The normalized spacial score (nSPS) is 15.0. The van der Waals surface area contributed by atoms with Crippen molar-refractivity contribution in [2.75, 3.05) is 5.75 Å². The lowest BCUT2D eigenvalue weighted by molar-refractivity contribution is 0.748. The zero-order chi connectivity index (χ0) is 14.7. The van der Waals surface area contributed by atoms with Crippen LogP contribution in [0.5, 0.6) is 0 Å². The molecule has 0 saturated heterocycles. The summed E-state index contributed by atoms with van der Waals surface area (Å²) in [6.07, 6.45) is 4.77. The van der Waals surface area contributed by atoms with Gasteiger partial charge < -0.3 is 5.73 Å². The van der Waals surface area contributed by atoms with Gasteiger partial charge in [-0.15, -0.1) is 11.8 Å². The molecule has 0 saturated carbocycles. The minimum atomic E-state index is 0.207. The number of thioether (sulfide) groups is 1. The molecule has 21 heavy (non-hydrogen) atoms. The first-order valence-corrected chi connectivity index (χ1v) is 9.23. The van der Waals surface area contributed by atoms with Crippen molar-refractivity contribution in [3.05, 3.63) is 63.6 Å². The average Bonchev–Trinajstić information content (AvgIpc) is 2.94. The molecule has 0 amide bonds. The maximum absolute atomic E-state index is 6.30. The molecule has 2 aromatic rings. The predicted octanol–water partition coefficient (Wildman–Crippen LogP) is 4.60. The standard InChI is InChI=1S/C18H20BrNS/c19-16-6-8-18(9-7-16)21-12-17(20)11-13-4-5-14-2-1-3-15(14)10-13/h4-10,17H,1-3,11-12,20H2. The number of halogens is 1. The molecule has 1 aliphatic rings. The molecule has 0 radical (unpaired) electrons. The molecule has 110 valence electrons. The largest absolute Gasteiger partial charge is 0.327 e. The predicted molar refractivity (Wildman–Crippen MR) is 95.0 cm³/mol. The minimum Gasteiger partial charge on any atom is -0.327 e. The van der Waals surface area contributed by atoms with Crippen molar-refractivity contribution in [3.8, 4) is 0 Å². The van der Waals surface area contributed by atoms with Crippen LogP contribution in [-0.4, -0.2) is 11.8 Å². The molecule has 3 heteroatoms. The van der Waals surface area contributed by atoms with Crippen LogP contribution in [0.15, 0.2) is 51.8 Å². The summed E-state index contributed by atoms with van der Waals surface area (Å²) in [4.78, 5) is 1.28. The van der Waals surface area contributed by atoms with Crippen LogP contribution in [0.1, 0.15) is 23.1 Å². The molecule has 2 aromatic carbocycles. The smallest absolute Gasteiger partial charge is 0.0176 e. The Bertz CT molecular complexity index is 609. The molecule has 1 nitrogen and oxygen atoms in total. The molecule has 1 atom stereocenters. The third kappa shape index (κ3) is 4.12. The van der Waals surface area contributed by atoms with E-state index in [4.69, 9.17) is 5.73 Å². The molecular weight excluding hydrogens is 342 g/mol. The quantitative estimate of drug-likeness (QED) is 0.787. The van der Waals surface area contributed by atoms with Gasteiger partial charge in [-0.05, 0) is 66.6 Å². The molecule has 1 unspecified atom stereocenters. The highest BCUT2D eigenvalue weighted by Gasteiger charge is 2.12. The van der Waals surface area contributed by atoms with E-state index in [1.807, 2.05) is 11.8 Å². The van der Waals surface area contributed by atoms with Gasteiger partial charge in [0.05, 0.1) is 0 Å². The topological polar surface area (TPSA) is 26.0 Å². The number of hydrogen-bond acceptors (Lipinski definition) is 2. The van der Waals surface area contributed by atoms with Crippen LogP contribution in [0, 0.1) is 0 Å². The Labute approximate surface area is 139 Å². The SMILES string of the molecule is NC(CSc1ccc(Br)cc1)Cc1ccc2c(c1)CCC2. The van der Waals surface area contributed by atoms with Gasteiger partial charge in [0.1, 0.15) is 0 Å². The number of fused-ring (bicyclic) bond motifs is 1. The van der Waals surface area contributed by atoms with E-state index in [2.05, 4.69) is 58.4 Å². The fourth-order valence-electron chi connectivity index (χ4n) is 2.85. The average molecular weight is 362 g/mol. The van der Waals surface area contributed by atoms with Gasteiger partial charge in [-0.25, -0.2) is 0 Å². The second-order valence-corrected chi connectivity index (χ2v) is 7.69. The van der Waals surface area contributed by atoms with E-state index in [9.17, 15) is 0 Å². The Morgan fingerprint density at radius 3 is 2.62 bits per heavy atom. The highest BCUT2D eigenvalue weighted by atomic mass is 79.9. The lowest BCUT2D eigenvalue weighted by atomic mass is 10.0. The molecule has 0 bridgehead atoms. The number of benzene rings is 2. The van der Waals surface area contributed by atoms with Crippen LogP contribution < -0.4 is 5.73 Å². The Balaban J connectivity index is 1.54. The Hall–Kier alpha value is -0.770. The lowest BCUT2D eigenvalue weighted by Gasteiger charge is -2.12. The number of hydrogen-bond donors (Lipinski definition) is 1. The first-order chi connectivity index (χ1) is 10.2. The van der Waals surface area contributed by atoms with Crippen molar-refractivity contribution >= 4 is 27.7 Å². The maximum Gasteiger partial charge on any atom is 0.0176 e. The zero-order valence-electron chi connectivity index (χ0n) is 12.0. The Morgan fingerprint density at radius 1 is 1.05 bits per heavy atom. The van der Waals surface area contributed by atoms with Gasteiger partial charge in [0.2, 0.25) is 0 Å². The van der Waals surface area contributed by atoms with Crippen LogP contribution in [0.2, 0.25) is 0 Å². The lowest BCUT2D eigenvalue weighted by Crippen LogP contribution is -2.25. The highest BCUT2D eigenvalue weighted by molar-refractivity contribution is 9.10. The van der Waals surface area contributed by atoms with Crippen LogP contribution in [0.4, 0.5) is 0 Å². The summed E-state index contributed by atoms with van der Waals surface area (Å²) in [5, 5.41) is 0. The molecule has 0 fully saturated rings. The van der Waals surface area contributed by atoms with Crippen LogP contribution in [0.3, 0.4) is 0 Å². The van der Waals surface area contributed by atoms with Gasteiger partial charge in [0.15, 0.2) is 0 Å². The van der Waals surface area contributed by atoms with E-state index in [0.717, 1.165) is 16.6 Å². The molecule has 0 spiro atoms. The van der Waals surface area contributed by atoms with Crippen molar-refractivity contribution < 1.29 is 0 Å². The van der Waals surface area contributed by atoms with E-state index >= 15 is 0 Å². The summed E-state index contributed by atoms with van der Waals surface area (Å²) in [7, 11) is 0. The van der Waals surface area contributed by atoms with E-state index in [1.165, 1.54) is 35.3 Å². The maximum atomic E-state index is 6.30. The fourth-order valence-corrected chi connectivity index (χ4v) is 3.97. The molecule has 2 N–H and O–H groups in total. The summed E-state index contributed by atoms with van der Waals surface area (Å²) in [5.41, 5.74) is 10.8. The van der Waals surface area contributed by atoms with Crippen molar-refractivity contribution in [3.63, 3.8) is 0 Å². The van der Waals surface area contributed by atoms with Crippen molar-refractivity contribution in [1.82, 2.24) is 0 Å². The Morgan fingerprint density at radius 2 is 1.81 bits per heavy atom. The molecule has 0 aromatic heterocycles. The number of rotatable bonds is 5. The van der Waals surface area contributed by atoms with E-state index in [-0.39, 0.29) is 6.04 Å². The van der Waals surface area contributed by atoms with Gasteiger partial charge in [-0.2, -0.15) is 0 Å². The third-order valence-electron chi connectivity index (χ3n) is 3.94. The fraction of sp³-hybridized carbons (Fsp3) is 0.333. The summed E-state index contributed by atoms with van der Waals surface area (Å²) in [6, 6.07) is 15.6. The van der Waals surface area contributed by atoms with Crippen LogP contribution in [-0.2, 0) is 19.3 Å². The second-order valence-electron chi connectivity index (χ2n) is 5.69. The summed E-state index contributed by atoms with van der Waals surface area (Å²) >= 11 is 5.30. The number of aryl methyl sites for hydroxylation is 2. The minimum absolute atomic E-state index is 0.207. The van der Waals surface area contributed by atoms with E-state index < -0.39 is 0 Å². The van der Waals surface area contributed by atoms with Gasteiger partial charge in [0, 0.05) is 21.2 Å². The summed E-state index contributed by atoms with van der Waals surface area (Å²) in [5.74, 6) is 0.957. The van der Waals surface area contributed by atoms with Gasteiger partial charge in [-0.3, -0.25) is 0 Å². The first-order valence-electron chi connectivity index (χ1n) is 7.45. The second kappa shape index (κ2) is 6.99. The molecule has 1 aliphatic carbocycles. The van der Waals surface area contributed by atoms with Crippen LogP contribution >= 0.6 is 27.7 Å². The van der Waals surface area contributed by atoms with Gasteiger partial charge in [-0.1, -0.05) is 34.1 Å². The zero-order valence-corrected chi connectivity index (χ0v) is 14.4.